The van der Waals surface area contributed by atoms with Crippen LogP contribution in [0, 0.1) is 19.8 Å². The molecule has 0 aliphatic heterocycles. The molecule has 0 bridgehead atoms. The van der Waals surface area contributed by atoms with Gasteiger partial charge in [0, 0.05) is 11.4 Å². The fourth-order valence-corrected chi connectivity index (χ4v) is 4.85. The molecule has 1 aromatic heterocycles. The van der Waals surface area contributed by atoms with E-state index in [9.17, 15) is 9.59 Å². The van der Waals surface area contributed by atoms with Crippen LogP contribution in [0.5, 0.6) is 5.75 Å². The number of carbonyl (C=O) groups is 2. The normalized spacial score (nSPS) is 11.9. The Kier molecular flexibility index (Phi) is 8.28. The molecular weight excluding hydrogens is 434 g/mol. The molecule has 0 radical (unpaired) electrons. The highest BCUT2D eigenvalue weighted by Crippen LogP contribution is 2.36. The Balaban J connectivity index is 1.80. The van der Waals surface area contributed by atoms with Crippen LogP contribution in [0.2, 0.25) is 0 Å². The summed E-state index contributed by atoms with van der Waals surface area (Å²) in [5.41, 5.74) is 4.72. The summed E-state index contributed by atoms with van der Waals surface area (Å²) in [5, 5.41) is 11.4. The number of nitrogens with one attached hydrogen (secondary N) is 1. The zero-order valence-electron chi connectivity index (χ0n) is 19.6. The van der Waals surface area contributed by atoms with Crippen LogP contribution in [-0.4, -0.2) is 23.5 Å². The van der Waals surface area contributed by atoms with Gasteiger partial charge in [0.15, 0.2) is 0 Å². The number of aliphatic carboxylic acids is 1. The first-order valence-electron chi connectivity index (χ1n) is 11.2. The van der Waals surface area contributed by atoms with Crippen LogP contribution < -0.4 is 10.1 Å². The van der Waals surface area contributed by atoms with Crippen LogP contribution in [0.3, 0.4) is 0 Å². The van der Waals surface area contributed by atoms with E-state index in [-0.39, 0.29) is 25.0 Å². The average Bonchev–Trinajstić information content (AvgIpc) is 3.23. The number of aryl methyl sites for hydroxylation is 2. The molecule has 0 saturated carbocycles. The Morgan fingerprint density at radius 3 is 2.30 bits per heavy atom. The Morgan fingerprint density at radius 2 is 1.70 bits per heavy atom. The van der Waals surface area contributed by atoms with Gasteiger partial charge in [0.05, 0.1) is 11.3 Å². The zero-order valence-corrected chi connectivity index (χ0v) is 20.4. The van der Waals surface area contributed by atoms with Crippen molar-refractivity contribution in [2.45, 2.75) is 46.6 Å². The quantitative estimate of drug-likeness (QED) is 0.363. The Labute approximate surface area is 199 Å². The summed E-state index contributed by atoms with van der Waals surface area (Å²) in [6, 6.07) is 18.2. The molecule has 0 saturated heterocycles. The molecule has 0 spiro atoms. The molecule has 5 nitrogen and oxygen atoms in total. The van der Waals surface area contributed by atoms with Crippen molar-refractivity contribution in [3.8, 4) is 16.9 Å². The van der Waals surface area contributed by atoms with Gasteiger partial charge in [-0.05, 0) is 72.7 Å². The fraction of sp³-hybridized carbons (Fsp3) is 0.333. The van der Waals surface area contributed by atoms with Crippen molar-refractivity contribution in [3.05, 3.63) is 75.5 Å². The van der Waals surface area contributed by atoms with Gasteiger partial charge in [-0.2, -0.15) is 0 Å². The summed E-state index contributed by atoms with van der Waals surface area (Å²) in [4.78, 5) is 24.6. The zero-order chi connectivity index (χ0) is 24.0. The van der Waals surface area contributed by atoms with Gasteiger partial charge in [-0.3, -0.25) is 9.59 Å². The molecule has 1 atom stereocenters. The van der Waals surface area contributed by atoms with Crippen LogP contribution in [0.1, 0.15) is 58.5 Å². The minimum Gasteiger partial charge on any atom is -0.485 e. The first kappa shape index (κ1) is 24.5. The predicted molar refractivity (Wildman–Crippen MR) is 133 cm³/mol. The van der Waals surface area contributed by atoms with Crippen molar-refractivity contribution in [2.24, 2.45) is 5.92 Å². The number of hydrogen-bond donors (Lipinski definition) is 2. The van der Waals surface area contributed by atoms with Gasteiger partial charge in [-0.25, -0.2) is 0 Å². The average molecular weight is 466 g/mol. The van der Waals surface area contributed by atoms with Gasteiger partial charge < -0.3 is 15.2 Å². The van der Waals surface area contributed by atoms with Gasteiger partial charge in [-0.15, -0.1) is 11.3 Å². The number of thiophene rings is 1. The van der Waals surface area contributed by atoms with Crippen LogP contribution >= 0.6 is 11.3 Å². The van der Waals surface area contributed by atoms with Crippen molar-refractivity contribution < 1.29 is 19.4 Å². The lowest BCUT2D eigenvalue weighted by Crippen LogP contribution is -2.25. The number of hydrogen-bond acceptors (Lipinski definition) is 4. The summed E-state index contributed by atoms with van der Waals surface area (Å²) in [7, 11) is 0. The minimum absolute atomic E-state index is 0.0965. The van der Waals surface area contributed by atoms with Crippen molar-refractivity contribution in [3.63, 3.8) is 0 Å². The molecule has 3 aromatic rings. The molecule has 3 rings (SSSR count). The Hall–Kier alpha value is -3.12. The van der Waals surface area contributed by atoms with E-state index in [1.54, 1.807) is 6.07 Å². The molecule has 1 unspecified atom stereocenters. The van der Waals surface area contributed by atoms with Crippen molar-refractivity contribution >= 4 is 23.2 Å². The summed E-state index contributed by atoms with van der Waals surface area (Å²) >= 11 is 1.39. The van der Waals surface area contributed by atoms with E-state index >= 15 is 0 Å². The van der Waals surface area contributed by atoms with Crippen molar-refractivity contribution in [2.75, 3.05) is 6.54 Å². The number of carbonyl (C=O) groups excluding carboxylic acids is 1. The first-order chi connectivity index (χ1) is 15.7. The first-order valence-corrected chi connectivity index (χ1v) is 12.0. The molecule has 2 N–H and O–H groups in total. The molecule has 6 heteroatoms. The highest BCUT2D eigenvalue weighted by Gasteiger charge is 2.20. The van der Waals surface area contributed by atoms with E-state index < -0.39 is 5.97 Å². The van der Waals surface area contributed by atoms with E-state index in [1.807, 2.05) is 24.3 Å². The van der Waals surface area contributed by atoms with Crippen molar-refractivity contribution in [1.29, 1.82) is 0 Å². The lowest BCUT2D eigenvalue weighted by atomic mass is 9.95. The van der Waals surface area contributed by atoms with E-state index in [2.05, 4.69) is 57.3 Å². The monoisotopic (exact) mass is 465 g/mol. The Bertz CT molecular complexity index is 1080. The molecule has 1 amide bonds. The number of ether oxygens (including phenoxy) is 1. The van der Waals surface area contributed by atoms with Crippen LogP contribution in [-0.2, 0) is 4.79 Å². The highest BCUT2D eigenvalue weighted by atomic mass is 32.1. The Morgan fingerprint density at radius 1 is 1.03 bits per heavy atom. The summed E-state index contributed by atoms with van der Waals surface area (Å²) in [6.45, 7) is 8.62. The number of carboxylic acids is 1. The second-order valence-electron chi connectivity index (χ2n) is 8.64. The summed E-state index contributed by atoms with van der Waals surface area (Å²) < 4.78 is 6.47. The van der Waals surface area contributed by atoms with E-state index in [4.69, 9.17) is 9.84 Å². The maximum absolute atomic E-state index is 12.4. The summed E-state index contributed by atoms with van der Waals surface area (Å²) in [6.07, 6.45) is 0.553. The number of rotatable bonds is 10. The third-order valence-corrected chi connectivity index (χ3v) is 6.50. The van der Waals surface area contributed by atoms with Crippen LogP contribution in [0.15, 0.2) is 54.6 Å². The lowest BCUT2D eigenvalue weighted by Gasteiger charge is -2.21. The van der Waals surface area contributed by atoms with Crippen molar-refractivity contribution in [1.82, 2.24) is 5.32 Å². The fourth-order valence-electron chi connectivity index (χ4n) is 3.88. The highest BCUT2D eigenvalue weighted by molar-refractivity contribution is 7.14. The number of carboxylic acid groups (broad SMARTS) is 1. The molecule has 1 heterocycles. The summed E-state index contributed by atoms with van der Waals surface area (Å²) in [5.74, 6) is 0.0399. The second kappa shape index (κ2) is 11.1. The lowest BCUT2D eigenvalue weighted by molar-refractivity contribution is -0.136. The largest absolute Gasteiger partial charge is 0.485 e. The van der Waals surface area contributed by atoms with Gasteiger partial charge in [0.2, 0.25) is 0 Å². The van der Waals surface area contributed by atoms with Gasteiger partial charge in [0.25, 0.3) is 5.91 Å². The van der Waals surface area contributed by atoms with Gasteiger partial charge >= 0.3 is 5.97 Å². The van der Waals surface area contributed by atoms with E-state index in [0.29, 0.717) is 10.8 Å². The van der Waals surface area contributed by atoms with Gasteiger partial charge in [-0.1, -0.05) is 44.2 Å². The number of benzene rings is 2. The predicted octanol–water partition coefficient (Wildman–Crippen LogP) is 6.40. The molecular formula is C27H31NO4S. The second-order valence-corrected chi connectivity index (χ2v) is 9.75. The maximum Gasteiger partial charge on any atom is 0.305 e. The molecule has 174 valence electrons. The third kappa shape index (κ3) is 6.68. The standard InChI is InChI=1S/C27H31NO4S/c1-17(2)14-22(23-10-11-24(33-23)27(31)28-13-12-25(29)30)32-21-15-18(3)26(19(4)16-21)20-8-6-5-7-9-20/h5-11,15-17,22H,12-14H2,1-4H3,(H,28,31)(H,29,30). The molecule has 0 fully saturated rings. The van der Waals surface area contributed by atoms with Crippen LogP contribution in [0.4, 0.5) is 0 Å². The minimum atomic E-state index is -0.934. The van der Waals surface area contributed by atoms with E-state index in [1.165, 1.54) is 22.5 Å². The smallest absolute Gasteiger partial charge is 0.305 e. The molecule has 0 aliphatic rings. The molecule has 2 aromatic carbocycles. The maximum atomic E-state index is 12.4. The molecule has 0 aliphatic carbocycles. The topological polar surface area (TPSA) is 75.6 Å². The number of amides is 1. The third-order valence-electron chi connectivity index (χ3n) is 5.32. The van der Waals surface area contributed by atoms with E-state index in [0.717, 1.165) is 28.2 Å². The SMILES string of the molecule is Cc1cc(OC(CC(C)C)c2ccc(C(=O)NCCC(=O)O)s2)cc(C)c1-c1ccccc1. The van der Waals surface area contributed by atoms with Crippen LogP contribution in [0.25, 0.3) is 11.1 Å². The van der Waals surface area contributed by atoms with Gasteiger partial charge in [0.1, 0.15) is 11.9 Å². The molecule has 33 heavy (non-hydrogen) atoms.